The predicted octanol–water partition coefficient (Wildman–Crippen LogP) is 5.97. The number of rotatable bonds is 4. The molecule has 1 aliphatic carbocycles. The van der Waals surface area contributed by atoms with Crippen molar-refractivity contribution in [2.24, 2.45) is 0 Å². The van der Waals surface area contributed by atoms with Gasteiger partial charge < -0.3 is 4.74 Å². The van der Waals surface area contributed by atoms with Crippen LogP contribution in [0.4, 0.5) is 0 Å². The Morgan fingerprint density at radius 2 is 2.00 bits per heavy atom. The third kappa shape index (κ3) is 3.53. The van der Waals surface area contributed by atoms with Crippen LogP contribution in [0.5, 0.6) is 5.75 Å². The summed E-state index contributed by atoms with van der Waals surface area (Å²) in [6, 6.07) is 14.4. The van der Waals surface area contributed by atoms with Gasteiger partial charge in [-0.3, -0.25) is 0 Å². The Morgan fingerprint density at radius 3 is 2.79 bits per heavy atom. The average molecular weight is 390 g/mol. The molecule has 28 heavy (non-hydrogen) atoms. The molecule has 1 atom stereocenters. The van der Waals surface area contributed by atoms with Gasteiger partial charge in [-0.15, -0.1) is 10.2 Å². The SMILES string of the molecule is CC(C)Oc1ccc(-c2nnc(-c3cccc4c3CCC[C@@H]4C)s2)cc1C#N. The first-order chi connectivity index (χ1) is 13.6. The zero-order valence-corrected chi connectivity index (χ0v) is 17.2. The zero-order valence-electron chi connectivity index (χ0n) is 16.4. The Morgan fingerprint density at radius 1 is 1.18 bits per heavy atom. The molecule has 4 rings (SSSR count). The van der Waals surface area contributed by atoms with E-state index in [0.29, 0.717) is 17.2 Å². The van der Waals surface area contributed by atoms with E-state index in [-0.39, 0.29) is 6.10 Å². The predicted molar refractivity (Wildman–Crippen MR) is 113 cm³/mol. The summed E-state index contributed by atoms with van der Waals surface area (Å²) < 4.78 is 5.72. The van der Waals surface area contributed by atoms with E-state index in [0.717, 1.165) is 22.0 Å². The summed E-state index contributed by atoms with van der Waals surface area (Å²) in [7, 11) is 0. The lowest BCUT2D eigenvalue weighted by atomic mass is 9.82. The quantitative estimate of drug-likeness (QED) is 0.551. The van der Waals surface area contributed by atoms with Crippen LogP contribution in [0.1, 0.15) is 56.2 Å². The Bertz CT molecular complexity index is 1050. The van der Waals surface area contributed by atoms with Gasteiger partial charge in [0.1, 0.15) is 21.8 Å². The maximum absolute atomic E-state index is 9.48. The third-order valence-electron chi connectivity index (χ3n) is 5.17. The van der Waals surface area contributed by atoms with Crippen LogP contribution in [0.2, 0.25) is 0 Å². The molecular formula is C23H23N3OS. The van der Waals surface area contributed by atoms with Crippen molar-refractivity contribution in [1.29, 1.82) is 5.26 Å². The Kier molecular flexibility index (Phi) is 5.15. The van der Waals surface area contributed by atoms with Gasteiger partial charge in [0.25, 0.3) is 0 Å². The molecule has 1 heterocycles. The highest BCUT2D eigenvalue weighted by Crippen LogP contribution is 2.39. The van der Waals surface area contributed by atoms with Gasteiger partial charge in [0.05, 0.1) is 11.7 Å². The molecule has 4 nitrogen and oxygen atoms in total. The average Bonchev–Trinajstić information content (AvgIpc) is 3.18. The second kappa shape index (κ2) is 7.73. The van der Waals surface area contributed by atoms with E-state index in [4.69, 9.17) is 4.74 Å². The first kappa shape index (κ1) is 18.6. The van der Waals surface area contributed by atoms with Crippen molar-refractivity contribution in [2.75, 3.05) is 0 Å². The summed E-state index contributed by atoms with van der Waals surface area (Å²) in [6.07, 6.45) is 3.60. The first-order valence-electron chi connectivity index (χ1n) is 9.73. The van der Waals surface area contributed by atoms with Gasteiger partial charge in [0.2, 0.25) is 0 Å². The normalized spacial score (nSPS) is 15.9. The van der Waals surface area contributed by atoms with Crippen LogP contribution in [-0.2, 0) is 6.42 Å². The molecular weight excluding hydrogens is 366 g/mol. The highest BCUT2D eigenvalue weighted by atomic mass is 32.1. The van der Waals surface area contributed by atoms with Crippen molar-refractivity contribution >= 4 is 11.3 Å². The molecule has 0 N–H and O–H groups in total. The maximum Gasteiger partial charge on any atom is 0.148 e. The van der Waals surface area contributed by atoms with Crippen LogP contribution >= 0.6 is 11.3 Å². The van der Waals surface area contributed by atoms with Crippen LogP contribution < -0.4 is 4.74 Å². The fourth-order valence-corrected chi connectivity index (χ4v) is 4.73. The summed E-state index contributed by atoms with van der Waals surface area (Å²) in [5.74, 6) is 1.21. The van der Waals surface area contributed by atoms with Gasteiger partial charge in [-0.2, -0.15) is 5.26 Å². The number of aromatic nitrogens is 2. The fraction of sp³-hybridized carbons (Fsp3) is 0.348. The summed E-state index contributed by atoms with van der Waals surface area (Å²) >= 11 is 1.58. The number of hydrogen-bond acceptors (Lipinski definition) is 5. The topological polar surface area (TPSA) is 58.8 Å². The highest BCUT2D eigenvalue weighted by molar-refractivity contribution is 7.17. The maximum atomic E-state index is 9.48. The van der Waals surface area contributed by atoms with Crippen LogP contribution in [0.15, 0.2) is 36.4 Å². The van der Waals surface area contributed by atoms with Crippen molar-refractivity contribution in [3.8, 4) is 33.0 Å². The van der Waals surface area contributed by atoms with Gasteiger partial charge >= 0.3 is 0 Å². The van der Waals surface area contributed by atoms with Gasteiger partial charge in [-0.25, -0.2) is 0 Å². The molecule has 0 unspecified atom stereocenters. The Balaban J connectivity index is 1.70. The Hall–Kier alpha value is -2.71. The third-order valence-corrected chi connectivity index (χ3v) is 6.18. The number of hydrogen-bond donors (Lipinski definition) is 0. The monoisotopic (exact) mass is 389 g/mol. The van der Waals surface area contributed by atoms with Gasteiger partial charge in [-0.05, 0) is 68.4 Å². The molecule has 0 aliphatic heterocycles. The molecule has 0 amide bonds. The smallest absolute Gasteiger partial charge is 0.148 e. The minimum atomic E-state index is 0.0257. The number of nitriles is 1. The number of nitrogens with zero attached hydrogens (tertiary/aromatic N) is 3. The lowest BCUT2D eigenvalue weighted by Crippen LogP contribution is -2.08. The lowest BCUT2D eigenvalue weighted by Gasteiger charge is -2.23. The molecule has 0 saturated carbocycles. The largest absolute Gasteiger partial charge is 0.490 e. The summed E-state index contributed by atoms with van der Waals surface area (Å²) in [5.41, 5.74) is 5.49. The van der Waals surface area contributed by atoms with Crippen LogP contribution in [0.25, 0.3) is 21.1 Å². The standard InChI is InChI=1S/C23H23N3OS/c1-14(2)27-21-11-10-16(12-17(21)13-24)22-25-26-23(28-22)20-9-5-7-18-15(3)6-4-8-19(18)20/h5,7,9-12,14-15H,4,6,8H2,1-3H3/t15-/m0/s1. The van der Waals surface area contributed by atoms with E-state index < -0.39 is 0 Å². The highest BCUT2D eigenvalue weighted by Gasteiger charge is 2.21. The molecule has 0 saturated heterocycles. The molecule has 142 valence electrons. The number of benzene rings is 2. The van der Waals surface area contributed by atoms with Crippen LogP contribution in [0, 0.1) is 11.3 Å². The van der Waals surface area contributed by atoms with Crippen LogP contribution in [-0.4, -0.2) is 16.3 Å². The van der Waals surface area contributed by atoms with Crippen molar-refractivity contribution in [1.82, 2.24) is 10.2 Å². The van der Waals surface area contributed by atoms with Crippen molar-refractivity contribution in [3.63, 3.8) is 0 Å². The van der Waals surface area contributed by atoms with Gasteiger partial charge in [0.15, 0.2) is 0 Å². The second-order valence-corrected chi connectivity index (χ2v) is 8.55. The van der Waals surface area contributed by atoms with Crippen molar-refractivity contribution in [2.45, 2.75) is 52.1 Å². The summed E-state index contributed by atoms with van der Waals surface area (Å²) in [4.78, 5) is 0. The van der Waals surface area contributed by atoms with E-state index in [2.05, 4.69) is 41.4 Å². The molecule has 5 heteroatoms. The molecule has 1 aromatic heterocycles. The minimum absolute atomic E-state index is 0.0257. The first-order valence-corrected chi connectivity index (χ1v) is 10.5. The van der Waals surface area contributed by atoms with Crippen molar-refractivity contribution in [3.05, 3.63) is 53.1 Å². The number of ether oxygens (including phenoxy) is 1. The molecule has 0 spiro atoms. The molecule has 0 radical (unpaired) electrons. The van der Waals surface area contributed by atoms with Crippen molar-refractivity contribution < 1.29 is 4.74 Å². The molecule has 2 aromatic carbocycles. The molecule has 0 fully saturated rings. The summed E-state index contributed by atoms with van der Waals surface area (Å²) in [6.45, 7) is 6.21. The second-order valence-electron chi connectivity index (χ2n) is 7.57. The lowest BCUT2D eigenvalue weighted by molar-refractivity contribution is 0.242. The van der Waals surface area contributed by atoms with E-state index in [1.54, 1.807) is 11.3 Å². The summed E-state index contributed by atoms with van der Waals surface area (Å²) in [5, 5.41) is 20.1. The van der Waals surface area contributed by atoms with E-state index in [1.165, 1.54) is 29.5 Å². The Labute approximate surface area is 169 Å². The number of fused-ring (bicyclic) bond motifs is 1. The molecule has 0 bridgehead atoms. The van der Waals surface area contributed by atoms with E-state index in [1.807, 2.05) is 32.0 Å². The van der Waals surface area contributed by atoms with E-state index in [9.17, 15) is 5.26 Å². The molecule has 3 aromatic rings. The molecule has 1 aliphatic rings. The van der Waals surface area contributed by atoms with Gasteiger partial charge in [0, 0.05) is 11.1 Å². The van der Waals surface area contributed by atoms with E-state index >= 15 is 0 Å². The van der Waals surface area contributed by atoms with Gasteiger partial charge in [-0.1, -0.05) is 36.5 Å². The van der Waals surface area contributed by atoms with Crippen LogP contribution in [0.3, 0.4) is 0 Å². The zero-order chi connectivity index (χ0) is 19.7. The fourth-order valence-electron chi connectivity index (χ4n) is 3.84. The minimum Gasteiger partial charge on any atom is -0.490 e.